The molecule has 0 spiro atoms. The molecule has 41 heavy (non-hydrogen) atoms. The second-order valence-electron chi connectivity index (χ2n) is 9.82. The van der Waals surface area contributed by atoms with Gasteiger partial charge >= 0.3 is 0 Å². The number of nitrogens with zero attached hydrogens (tertiary/aromatic N) is 7. The van der Waals surface area contributed by atoms with Gasteiger partial charge in [-0.1, -0.05) is 42.1 Å². The number of ether oxygens (including phenoxy) is 1. The lowest BCUT2D eigenvalue weighted by molar-refractivity contribution is 0.344. The molecule has 8 nitrogen and oxygen atoms in total. The molecule has 0 saturated carbocycles. The minimum atomic E-state index is 0.651. The molecule has 0 aliphatic carbocycles. The number of unbranched alkanes of at least 4 members (excludes halogenated alkanes) is 2. The van der Waals surface area contributed by atoms with Crippen molar-refractivity contribution in [2.45, 2.75) is 42.2 Å². The molecule has 2 aliphatic heterocycles. The molecule has 1 aromatic carbocycles. The van der Waals surface area contributed by atoms with E-state index in [2.05, 4.69) is 59.6 Å². The molecule has 5 rings (SSSR count). The molecule has 0 amide bonds. The molecule has 4 heterocycles. The minimum Gasteiger partial charge on any atom is -0.493 e. The predicted molar refractivity (Wildman–Crippen MR) is 173 cm³/mol. The summed E-state index contributed by atoms with van der Waals surface area (Å²) in [6.07, 6.45) is 9.45. The molecule has 0 radical (unpaired) electrons. The van der Waals surface area contributed by atoms with Gasteiger partial charge in [0.05, 0.1) is 36.1 Å². The number of rotatable bonds is 12. The SMILES string of the molecule is CN1CCC=C(c2nsnc2SCCCCC#N)C1.CN1CCC=C(c2nsnc2SCCOc2ccccc2)C1. The Morgan fingerprint density at radius 1 is 0.829 bits per heavy atom. The number of hydrogen-bond donors (Lipinski definition) is 0. The van der Waals surface area contributed by atoms with Gasteiger partial charge in [-0.25, -0.2) is 0 Å². The zero-order valence-corrected chi connectivity index (χ0v) is 27.0. The first-order valence-electron chi connectivity index (χ1n) is 13.9. The Labute approximate surface area is 260 Å². The standard InChI is InChI=1S/C16H19N3OS2.C13H18N4S2/c1-19-9-5-6-13(12-19)15-16(18-22-17-15)21-11-10-20-14-7-3-2-4-8-14;1-17-8-5-6-11(10-17)12-13(16-19-15-12)18-9-4-2-3-7-14/h2-4,6-8H,5,9-12H2,1H3;6H,2-5,8-10H2,1H3. The summed E-state index contributed by atoms with van der Waals surface area (Å²) in [5, 5.41) is 10.6. The van der Waals surface area contributed by atoms with Gasteiger partial charge in [-0.3, -0.25) is 0 Å². The van der Waals surface area contributed by atoms with Crippen LogP contribution in [0.5, 0.6) is 5.75 Å². The van der Waals surface area contributed by atoms with Gasteiger partial charge in [-0.15, -0.1) is 11.8 Å². The van der Waals surface area contributed by atoms with Crippen molar-refractivity contribution in [2.24, 2.45) is 0 Å². The van der Waals surface area contributed by atoms with Crippen LogP contribution in [0.1, 0.15) is 43.5 Å². The molecule has 0 atom stereocenters. The highest BCUT2D eigenvalue weighted by atomic mass is 32.2. The Bertz CT molecular complexity index is 1300. The van der Waals surface area contributed by atoms with Crippen LogP contribution in [-0.2, 0) is 0 Å². The molecule has 0 bridgehead atoms. The largest absolute Gasteiger partial charge is 0.493 e. The van der Waals surface area contributed by atoms with Gasteiger partial charge in [0, 0.05) is 38.4 Å². The van der Waals surface area contributed by atoms with Crippen LogP contribution in [0.2, 0.25) is 0 Å². The number of benzene rings is 1. The summed E-state index contributed by atoms with van der Waals surface area (Å²) < 4.78 is 23.5. The van der Waals surface area contributed by atoms with E-state index in [1.54, 1.807) is 23.5 Å². The molecule has 0 fully saturated rings. The normalized spacial score (nSPS) is 15.8. The maximum Gasteiger partial charge on any atom is 0.138 e. The number of thioether (sulfide) groups is 2. The summed E-state index contributed by atoms with van der Waals surface area (Å²) in [5.41, 5.74) is 4.74. The van der Waals surface area contributed by atoms with Crippen LogP contribution in [0.25, 0.3) is 11.1 Å². The number of para-hydroxylation sites is 1. The Balaban J connectivity index is 0.000000191. The first-order chi connectivity index (χ1) is 20.1. The Kier molecular flexibility index (Phi) is 13.6. The Morgan fingerprint density at radius 2 is 1.41 bits per heavy atom. The van der Waals surface area contributed by atoms with E-state index in [0.29, 0.717) is 13.0 Å². The van der Waals surface area contributed by atoms with Gasteiger partial charge in [0.2, 0.25) is 0 Å². The maximum absolute atomic E-state index is 8.50. The summed E-state index contributed by atoms with van der Waals surface area (Å²) in [5.74, 6) is 2.80. The van der Waals surface area contributed by atoms with Crippen molar-refractivity contribution in [1.29, 1.82) is 5.26 Å². The third kappa shape index (κ3) is 10.5. The smallest absolute Gasteiger partial charge is 0.138 e. The van der Waals surface area contributed by atoms with E-state index in [-0.39, 0.29) is 0 Å². The lowest BCUT2D eigenvalue weighted by Gasteiger charge is -2.22. The van der Waals surface area contributed by atoms with Crippen molar-refractivity contribution in [1.82, 2.24) is 27.3 Å². The Hall–Kier alpha value is -2.27. The third-order valence-electron chi connectivity index (χ3n) is 6.46. The van der Waals surface area contributed by atoms with Gasteiger partial charge in [0.15, 0.2) is 0 Å². The summed E-state index contributed by atoms with van der Waals surface area (Å²) >= 11 is 6.08. The molecule has 3 aromatic rings. The third-order valence-corrected chi connectivity index (χ3v) is 9.73. The average molecular weight is 628 g/mol. The summed E-state index contributed by atoms with van der Waals surface area (Å²) in [7, 11) is 4.29. The quantitative estimate of drug-likeness (QED) is 0.164. The van der Waals surface area contributed by atoms with E-state index in [4.69, 9.17) is 10.00 Å². The van der Waals surface area contributed by atoms with Crippen LogP contribution in [0.3, 0.4) is 0 Å². The minimum absolute atomic E-state index is 0.651. The molecule has 2 aromatic heterocycles. The number of nitriles is 1. The van der Waals surface area contributed by atoms with Crippen LogP contribution >= 0.6 is 47.0 Å². The molecule has 12 heteroatoms. The second kappa shape index (κ2) is 17.6. The van der Waals surface area contributed by atoms with Gasteiger partial charge < -0.3 is 14.5 Å². The molecule has 2 aliphatic rings. The maximum atomic E-state index is 8.50. The fourth-order valence-corrected chi connectivity index (χ4v) is 7.60. The molecule has 218 valence electrons. The van der Waals surface area contributed by atoms with Crippen molar-refractivity contribution >= 4 is 58.1 Å². The lowest BCUT2D eigenvalue weighted by atomic mass is 10.1. The number of likely N-dealkylation sites (N-methyl/N-ethyl adjacent to an activating group) is 2. The van der Waals surface area contributed by atoms with Gasteiger partial charge in [0.25, 0.3) is 0 Å². The fraction of sp³-hybridized carbons (Fsp3) is 0.483. The van der Waals surface area contributed by atoms with E-state index >= 15 is 0 Å². The van der Waals surface area contributed by atoms with Crippen LogP contribution in [0, 0.1) is 11.3 Å². The number of hydrogen-bond acceptors (Lipinski definition) is 12. The van der Waals surface area contributed by atoms with E-state index in [1.807, 2.05) is 30.3 Å². The molecule has 0 unspecified atom stereocenters. The summed E-state index contributed by atoms with van der Waals surface area (Å²) in [6, 6.07) is 12.1. The van der Waals surface area contributed by atoms with E-state index < -0.39 is 0 Å². The molecule has 0 N–H and O–H groups in total. The van der Waals surface area contributed by atoms with Crippen LogP contribution in [-0.4, -0.2) is 85.7 Å². The Morgan fingerprint density at radius 3 is 1.98 bits per heavy atom. The van der Waals surface area contributed by atoms with Crippen LogP contribution in [0.4, 0.5) is 0 Å². The highest BCUT2D eigenvalue weighted by Gasteiger charge is 2.18. The van der Waals surface area contributed by atoms with Gasteiger partial charge in [-0.05, 0) is 68.8 Å². The fourth-order valence-electron chi connectivity index (χ4n) is 4.36. The molecule has 0 saturated heterocycles. The van der Waals surface area contributed by atoms with Gasteiger partial charge in [0.1, 0.15) is 27.2 Å². The van der Waals surface area contributed by atoms with Crippen molar-refractivity contribution in [2.75, 3.05) is 58.4 Å². The van der Waals surface area contributed by atoms with Crippen LogP contribution < -0.4 is 4.74 Å². The monoisotopic (exact) mass is 627 g/mol. The lowest BCUT2D eigenvalue weighted by Crippen LogP contribution is -2.25. The van der Waals surface area contributed by atoms with E-state index in [1.165, 1.54) is 34.6 Å². The van der Waals surface area contributed by atoms with Crippen molar-refractivity contribution in [3.63, 3.8) is 0 Å². The molecular formula is C29H37N7OS4. The molecular weight excluding hydrogens is 591 g/mol. The topological polar surface area (TPSA) is 91.1 Å². The predicted octanol–water partition coefficient (Wildman–Crippen LogP) is 6.47. The zero-order valence-electron chi connectivity index (χ0n) is 23.7. The highest BCUT2D eigenvalue weighted by molar-refractivity contribution is 7.99. The second-order valence-corrected chi connectivity index (χ2v) is 13.0. The average Bonchev–Trinajstić information content (AvgIpc) is 3.66. The van der Waals surface area contributed by atoms with Crippen LogP contribution in [0.15, 0.2) is 52.5 Å². The first-order valence-corrected chi connectivity index (χ1v) is 17.3. The summed E-state index contributed by atoms with van der Waals surface area (Å²) in [6.45, 7) is 4.84. The zero-order chi connectivity index (χ0) is 28.7. The number of aromatic nitrogens is 4. The summed E-state index contributed by atoms with van der Waals surface area (Å²) in [4.78, 5) is 4.64. The van der Waals surface area contributed by atoms with E-state index in [9.17, 15) is 0 Å². The van der Waals surface area contributed by atoms with Crippen molar-refractivity contribution in [3.8, 4) is 11.8 Å². The van der Waals surface area contributed by atoms with Gasteiger partial charge in [-0.2, -0.15) is 22.8 Å². The van der Waals surface area contributed by atoms with E-state index in [0.717, 1.165) is 90.6 Å². The highest BCUT2D eigenvalue weighted by Crippen LogP contribution is 2.30. The first kappa shape index (κ1) is 31.7. The van der Waals surface area contributed by atoms with Crippen molar-refractivity contribution in [3.05, 3.63) is 53.9 Å². The van der Waals surface area contributed by atoms with Crippen molar-refractivity contribution < 1.29 is 4.74 Å².